The fourth-order valence-electron chi connectivity index (χ4n) is 4.85. The van der Waals surface area contributed by atoms with Crippen LogP contribution in [0.2, 0.25) is 0 Å². The number of hydrogen-bond acceptors (Lipinski definition) is 4. The largest absolute Gasteiger partial charge is 0.417 e. The Morgan fingerprint density at radius 2 is 1.49 bits per heavy atom. The van der Waals surface area contributed by atoms with Gasteiger partial charge in [0.05, 0.1) is 22.5 Å². The van der Waals surface area contributed by atoms with Crippen molar-refractivity contribution in [2.75, 3.05) is 30.4 Å². The minimum atomic E-state index is -5.06. The van der Waals surface area contributed by atoms with E-state index < -0.39 is 63.5 Å². The Morgan fingerprint density at radius 1 is 0.902 bits per heavy atom. The third-order valence-corrected chi connectivity index (χ3v) is 7.17. The molecule has 1 aliphatic heterocycles. The molecule has 218 valence electrons. The molecule has 0 aromatic heterocycles. The molecule has 13 heteroatoms. The molecule has 4 rings (SSSR count). The zero-order valence-corrected chi connectivity index (χ0v) is 22.0. The van der Waals surface area contributed by atoms with E-state index in [2.05, 4.69) is 10.2 Å². The van der Waals surface area contributed by atoms with Crippen molar-refractivity contribution in [1.82, 2.24) is 4.90 Å². The number of piperazine rings is 1. The van der Waals surface area contributed by atoms with Crippen molar-refractivity contribution in [2.45, 2.75) is 32.1 Å². The summed E-state index contributed by atoms with van der Waals surface area (Å²) in [5.41, 5.74) is 0.735. The molecule has 0 saturated carbocycles. The molecule has 1 saturated heterocycles. The molecular weight excluding hydrogens is 557 g/mol. The fourth-order valence-corrected chi connectivity index (χ4v) is 4.85. The number of carbonyl (C=O) groups excluding carboxylic acids is 2. The number of nitrogens with one attached hydrogen (secondary N) is 1. The molecule has 1 aliphatic rings. The van der Waals surface area contributed by atoms with Gasteiger partial charge in [-0.3, -0.25) is 14.5 Å². The summed E-state index contributed by atoms with van der Waals surface area (Å²) in [6, 6.07) is 4.85. The van der Waals surface area contributed by atoms with Crippen LogP contribution in [0.5, 0.6) is 0 Å². The van der Waals surface area contributed by atoms with Crippen molar-refractivity contribution < 1.29 is 40.3 Å². The van der Waals surface area contributed by atoms with Crippen molar-refractivity contribution in [3.8, 4) is 11.1 Å². The Balaban J connectivity index is 1.86. The zero-order valence-electron chi connectivity index (χ0n) is 22.0. The Kier molecular flexibility index (Phi) is 8.03. The van der Waals surface area contributed by atoms with Gasteiger partial charge in [-0.05, 0) is 68.9 Å². The van der Waals surface area contributed by atoms with E-state index in [-0.39, 0.29) is 35.1 Å². The van der Waals surface area contributed by atoms with Crippen LogP contribution in [0.4, 0.5) is 42.1 Å². The first-order chi connectivity index (χ1) is 19.1. The number of nitrogens with zero attached hydrogens (tertiary/aromatic N) is 2. The number of likely N-dealkylation sites (N-methyl/N-ethyl adjacent to an activating group) is 1. The number of benzene rings is 3. The van der Waals surface area contributed by atoms with Gasteiger partial charge in [0.15, 0.2) is 0 Å². The normalized spacial score (nSPS) is 18.0. The van der Waals surface area contributed by atoms with Gasteiger partial charge in [-0.1, -0.05) is 0 Å². The summed E-state index contributed by atoms with van der Waals surface area (Å²) in [5.74, 6) is -7.53. The summed E-state index contributed by atoms with van der Waals surface area (Å²) < 4.78 is 99.0. The molecule has 2 atom stereocenters. The van der Waals surface area contributed by atoms with Crippen LogP contribution in [0, 0.1) is 23.3 Å². The highest BCUT2D eigenvalue weighted by molar-refractivity contribution is 6.07. The molecule has 3 N–H and O–H groups in total. The molecule has 2 amide bonds. The molecule has 3 aromatic carbocycles. The quantitative estimate of drug-likeness (QED) is 0.373. The molecule has 3 aromatic rings. The van der Waals surface area contributed by atoms with Crippen LogP contribution in [0.15, 0.2) is 42.5 Å². The SMILES string of the molecule is C[C@@H]1CN(c2cc(F)c(-c3cc(F)c(C(N)=O)c(F)c3)cc2NC(=O)c2ccc(F)cc2C(F)(F)F)C[C@H](C)N1C. The fraction of sp³-hybridized carbons (Fsp3) is 0.286. The van der Waals surface area contributed by atoms with Gasteiger partial charge in [0, 0.05) is 30.7 Å². The van der Waals surface area contributed by atoms with Crippen molar-refractivity contribution >= 4 is 23.2 Å². The predicted molar refractivity (Wildman–Crippen MR) is 139 cm³/mol. The molecular formula is C28H25F7N4O2. The first-order valence-corrected chi connectivity index (χ1v) is 12.4. The number of amides is 2. The van der Waals surface area contributed by atoms with Crippen LogP contribution in [-0.4, -0.2) is 48.9 Å². The van der Waals surface area contributed by atoms with E-state index in [0.717, 1.165) is 12.1 Å². The summed E-state index contributed by atoms with van der Waals surface area (Å²) >= 11 is 0. The van der Waals surface area contributed by atoms with Crippen molar-refractivity contribution in [2.24, 2.45) is 5.73 Å². The van der Waals surface area contributed by atoms with Gasteiger partial charge in [0.1, 0.15) is 28.8 Å². The lowest BCUT2D eigenvalue weighted by Gasteiger charge is -2.44. The van der Waals surface area contributed by atoms with Crippen LogP contribution in [0.3, 0.4) is 0 Å². The maximum atomic E-state index is 15.5. The van der Waals surface area contributed by atoms with Crippen molar-refractivity contribution in [3.05, 3.63) is 82.4 Å². The average Bonchev–Trinajstić information content (AvgIpc) is 2.86. The molecule has 0 radical (unpaired) electrons. The number of alkyl halides is 3. The summed E-state index contributed by atoms with van der Waals surface area (Å²) in [6.45, 7) is 4.52. The minimum absolute atomic E-state index is 0.0384. The van der Waals surface area contributed by atoms with Gasteiger partial charge >= 0.3 is 6.18 Å². The Morgan fingerprint density at radius 3 is 2.02 bits per heavy atom. The van der Waals surface area contributed by atoms with Gasteiger partial charge in [0.25, 0.3) is 11.8 Å². The smallest absolute Gasteiger partial charge is 0.367 e. The lowest BCUT2D eigenvalue weighted by atomic mass is 9.99. The summed E-state index contributed by atoms with van der Waals surface area (Å²) in [7, 11) is 1.89. The second-order valence-electron chi connectivity index (χ2n) is 9.94. The zero-order chi connectivity index (χ0) is 30.4. The molecule has 0 unspecified atom stereocenters. The van der Waals surface area contributed by atoms with Crippen LogP contribution >= 0.6 is 0 Å². The van der Waals surface area contributed by atoms with E-state index in [0.29, 0.717) is 37.4 Å². The van der Waals surface area contributed by atoms with Gasteiger partial charge < -0.3 is 16.0 Å². The number of primary amides is 1. The number of anilines is 2. The van der Waals surface area contributed by atoms with E-state index >= 15 is 4.39 Å². The van der Waals surface area contributed by atoms with Crippen LogP contribution in [-0.2, 0) is 6.18 Å². The van der Waals surface area contributed by atoms with E-state index in [1.165, 1.54) is 0 Å². The maximum Gasteiger partial charge on any atom is 0.417 e. The highest BCUT2D eigenvalue weighted by Crippen LogP contribution is 2.38. The number of nitrogens with two attached hydrogens (primary N) is 1. The van der Waals surface area contributed by atoms with Crippen molar-refractivity contribution in [1.29, 1.82) is 0 Å². The maximum absolute atomic E-state index is 15.5. The predicted octanol–water partition coefficient (Wildman–Crippen LogP) is 5.81. The number of halogens is 7. The third-order valence-electron chi connectivity index (χ3n) is 7.17. The van der Waals surface area contributed by atoms with Crippen LogP contribution < -0.4 is 16.0 Å². The number of rotatable bonds is 5. The second-order valence-corrected chi connectivity index (χ2v) is 9.94. The summed E-state index contributed by atoms with van der Waals surface area (Å²) in [5, 5.41) is 2.35. The second kappa shape index (κ2) is 11.0. The Labute approximate surface area is 230 Å². The average molecular weight is 583 g/mol. The molecule has 0 spiro atoms. The minimum Gasteiger partial charge on any atom is -0.367 e. The van der Waals surface area contributed by atoms with Gasteiger partial charge in [-0.2, -0.15) is 13.2 Å². The van der Waals surface area contributed by atoms with E-state index in [1.54, 1.807) is 4.90 Å². The molecule has 0 aliphatic carbocycles. The number of hydrogen-bond donors (Lipinski definition) is 2. The topological polar surface area (TPSA) is 78.7 Å². The summed E-state index contributed by atoms with van der Waals surface area (Å²) in [6.07, 6.45) is -5.06. The standard InChI is InChI=1S/C28H25F7N4O2/c1-13-11-39(12-14(2)38(13)3)24-10-20(30)18(15-6-21(31)25(26(36)40)22(32)7-15)9-23(24)37-27(41)17-5-4-16(29)8-19(17)28(33,34)35/h4-10,13-14H,11-12H2,1-3H3,(H2,36,40)(H,37,41)/t13-,14+. The van der Waals surface area contributed by atoms with Gasteiger partial charge in [-0.15, -0.1) is 0 Å². The first kappa shape index (κ1) is 29.8. The van der Waals surface area contributed by atoms with Gasteiger partial charge in [-0.25, -0.2) is 17.6 Å². The lowest BCUT2D eigenvalue weighted by molar-refractivity contribution is -0.138. The van der Waals surface area contributed by atoms with Crippen LogP contribution in [0.25, 0.3) is 11.1 Å². The molecule has 41 heavy (non-hydrogen) atoms. The monoisotopic (exact) mass is 582 g/mol. The van der Waals surface area contributed by atoms with E-state index in [1.807, 2.05) is 20.9 Å². The molecule has 6 nitrogen and oxygen atoms in total. The van der Waals surface area contributed by atoms with Crippen LogP contribution in [0.1, 0.15) is 40.1 Å². The highest BCUT2D eigenvalue weighted by Gasteiger charge is 2.36. The Bertz CT molecular complexity index is 1490. The molecule has 1 heterocycles. The highest BCUT2D eigenvalue weighted by atomic mass is 19.4. The number of carbonyl (C=O) groups is 2. The van der Waals surface area contributed by atoms with Crippen molar-refractivity contribution in [3.63, 3.8) is 0 Å². The van der Waals surface area contributed by atoms with E-state index in [9.17, 15) is 35.9 Å². The molecule has 0 bridgehead atoms. The molecule has 1 fully saturated rings. The van der Waals surface area contributed by atoms with E-state index in [4.69, 9.17) is 5.73 Å². The lowest BCUT2D eigenvalue weighted by Crippen LogP contribution is -2.55. The van der Waals surface area contributed by atoms with Gasteiger partial charge in [0.2, 0.25) is 0 Å². The Hall–Kier alpha value is -4.13. The summed E-state index contributed by atoms with van der Waals surface area (Å²) in [4.78, 5) is 28.3. The first-order valence-electron chi connectivity index (χ1n) is 12.4. The third kappa shape index (κ3) is 5.99.